The van der Waals surface area contributed by atoms with Gasteiger partial charge in [-0.1, -0.05) is 0 Å². The molecule has 7 heteroatoms. The summed E-state index contributed by atoms with van der Waals surface area (Å²) in [7, 11) is -3.22. The second kappa shape index (κ2) is 4.31. The number of morpholine rings is 1. The molecule has 0 bridgehead atoms. The van der Waals surface area contributed by atoms with Crippen LogP contribution in [0.5, 0.6) is 0 Å². The fraction of sp³-hybridized carbons (Fsp3) is 0.889. The van der Waals surface area contributed by atoms with Crippen LogP contribution in [0.4, 0.5) is 0 Å². The Labute approximate surface area is 94.1 Å². The molecule has 2 aliphatic rings. The van der Waals surface area contributed by atoms with E-state index in [9.17, 15) is 13.2 Å². The zero-order chi connectivity index (χ0) is 11.8. The lowest BCUT2D eigenvalue weighted by atomic mass is 10.2. The number of aliphatic hydroxyl groups is 1. The van der Waals surface area contributed by atoms with Crippen LogP contribution < -0.4 is 0 Å². The molecule has 0 aliphatic carbocycles. The summed E-state index contributed by atoms with van der Waals surface area (Å²) in [6.07, 6.45) is 1.04. The van der Waals surface area contributed by atoms with Crippen molar-refractivity contribution in [2.45, 2.75) is 24.3 Å². The van der Waals surface area contributed by atoms with E-state index in [1.807, 2.05) is 0 Å². The van der Waals surface area contributed by atoms with Crippen molar-refractivity contribution < 1.29 is 23.1 Å². The van der Waals surface area contributed by atoms with Crippen LogP contribution in [-0.4, -0.2) is 61.3 Å². The van der Waals surface area contributed by atoms with E-state index in [0.29, 0.717) is 12.8 Å². The summed E-state index contributed by atoms with van der Waals surface area (Å²) in [6.45, 7) is -0.158. The van der Waals surface area contributed by atoms with Gasteiger partial charge in [0.25, 0.3) is 0 Å². The number of amides is 1. The number of ether oxygens (including phenoxy) is 1. The van der Waals surface area contributed by atoms with Crippen LogP contribution in [0.3, 0.4) is 0 Å². The Balaban J connectivity index is 2.25. The molecule has 0 radical (unpaired) electrons. The Morgan fingerprint density at radius 2 is 2.25 bits per heavy atom. The van der Waals surface area contributed by atoms with Gasteiger partial charge in [0.15, 0.2) is 9.84 Å². The van der Waals surface area contributed by atoms with Crippen molar-refractivity contribution in [2.75, 3.05) is 25.6 Å². The van der Waals surface area contributed by atoms with E-state index in [0.717, 1.165) is 0 Å². The van der Waals surface area contributed by atoms with Crippen LogP contribution >= 0.6 is 0 Å². The molecule has 0 aromatic heterocycles. The first-order valence-corrected chi connectivity index (χ1v) is 6.99. The van der Waals surface area contributed by atoms with Crippen molar-refractivity contribution in [3.63, 3.8) is 0 Å². The van der Waals surface area contributed by atoms with Gasteiger partial charge in [-0.05, 0) is 12.8 Å². The number of carbonyl (C=O) groups is 1. The largest absolute Gasteiger partial charge is 0.394 e. The van der Waals surface area contributed by atoms with E-state index in [2.05, 4.69) is 0 Å². The van der Waals surface area contributed by atoms with Crippen LogP contribution in [0.2, 0.25) is 0 Å². The number of nitrogens with zero attached hydrogens (tertiary/aromatic N) is 1. The fourth-order valence-corrected chi connectivity index (χ4v) is 4.27. The quantitative estimate of drug-likeness (QED) is 0.660. The SMILES string of the molecule is O=C1COCC(CO)N1C1CCCS1(=O)=O. The molecule has 92 valence electrons. The van der Waals surface area contributed by atoms with Gasteiger partial charge in [0, 0.05) is 0 Å². The van der Waals surface area contributed by atoms with Crippen LogP contribution in [0, 0.1) is 0 Å². The number of hydrogen-bond donors (Lipinski definition) is 1. The minimum Gasteiger partial charge on any atom is -0.394 e. The van der Waals surface area contributed by atoms with Crippen molar-refractivity contribution in [3.8, 4) is 0 Å². The third-order valence-corrected chi connectivity index (χ3v) is 5.18. The number of sulfone groups is 1. The number of rotatable bonds is 2. The Morgan fingerprint density at radius 3 is 2.81 bits per heavy atom. The van der Waals surface area contributed by atoms with Crippen LogP contribution in [0.15, 0.2) is 0 Å². The first-order valence-electron chi connectivity index (χ1n) is 5.27. The second-order valence-corrected chi connectivity index (χ2v) is 6.39. The van der Waals surface area contributed by atoms with Gasteiger partial charge in [-0.25, -0.2) is 8.42 Å². The number of aliphatic hydroxyl groups excluding tert-OH is 1. The zero-order valence-corrected chi connectivity index (χ0v) is 9.65. The van der Waals surface area contributed by atoms with E-state index in [1.54, 1.807) is 0 Å². The monoisotopic (exact) mass is 249 g/mol. The van der Waals surface area contributed by atoms with E-state index in [1.165, 1.54) is 4.90 Å². The van der Waals surface area contributed by atoms with Gasteiger partial charge < -0.3 is 14.7 Å². The molecule has 0 aromatic rings. The summed E-state index contributed by atoms with van der Waals surface area (Å²) in [4.78, 5) is 13.0. The van der Waals surface area contributed by atoms with Crippen molar-refractivity contribution >= 4 is 15.7 Å². The Kier molecular flexibility index (Phi) is 3.18. The predicted molar refractivity (Wildman–Crippen MR) is 55.3 cm³/mol. The van der Waals surface area contributed by atoms with E-state index in [-0.39, 0.29) is 31.5 Å². The lowest BCUT2D eigenvalue weighted by Crippen LogP contribution is -2.56. The summed E-state index contributed by atoms with van der Waals surface area (Å²) in [5, 5.41) is 8.38. The summed E-state index contributed by atoms with van der Waals surface area (Å²) in [5.41, 5.74) is 0. The number of hydrogen-bond acceptors (Lipinski definition) is 5. The highest BCUT2D eigenvalue weighted by Crippen LogP contribution is 2.26. The molecule has 1 N–H and O–H groups in total. The first kappa shape index (κ1) is 11.8. The van der Waals surface area contributed by atoms with Crippen LogP contribution in [-0.2, 0) is 19.4 Å². The average molecular weight is 249 g/mol. The lowest BCUT2D eigenvalue weighted by molar-refractivity contribution is -0.151. The van der Waals surface area contributed by atoms with Crippen molar-refractivity contribution in [1.82, 2.24) is 4.90 Å². The van der Waals surface area contributed by atoms with Gasteiger partial charge in [-0.3, -0.25) is 4.79 Å². The van der Waals surface area contributed by atoms with Gasteiger partial charge >= 0.3 is 0 Å². The first-order chi connectivity index (χ1) is 7.56. The molecule has 0 spiro atoms. The standard InChI is InChI=1S/C9H15NO5S/c11-4-7-5-15-6-8(12)10(7)9-2-1-3-16(9,13)14/h7,9,11H,1-6H2. The molecule has 2 fully saturated rings. The normalized spacial score (nSPS) is 34.3. The summed E-state index contributed by atoms with van der Waals surface area (Å²) >= 11 is 0. The molecule has 2 rings (SSSR count). The van der Waals surface area contributed by atoms with Crippen LogP contribution in [0.1, 0.15) is 12.8 Å². The molecular weight excluding hydrogens is 234 g/mol. The predicted octanol–water partition coefficient (Wildman–Crippen LogP) is -1.26. The molecule has 2 saturated heterocycles. The third kappa shape index (κ3) is 1.94. The smallest absolute Gasteiger partial charge is 0.250 e. The Bertz CT molecular complexity index is 379. The van der Waals surface area contributed by atoms with E-state index in [4.69, 9.17) is 9.84 Å². The minimum atomic E-state index is -3.22. The highest BCUT2D eigenvalue weighted by Gasteiger charge is 2.43. The van der Waals surface area contributed by atoms with E-state index < -0.39 is 21.3 Å². The molecule has 0 saturated carbocycles. The summed E-state index contributed by atoms with van der Waals surface area (Å²) in [5.74, 6) is -0.221. The lowest BCUT2D eigenvalue weighted by Gasteiger charge is -2.37. The third-order valence-electron chi connectivity index (χ3n) is 3.03. The molecule has 2 heterocycles. The molecular formula is C9H15NO5S. The van der Waals surface area contributed by atoms with Gasteiger partial charge in [0.1, 0.15) is 12.0 Å². The highest BCUT2D eigenvalue weighted by molar-refractivity contribution is 7.92. The maximum Gasteiger partial charge on any atom is 0.250 e. The van der Waals surface area contributed by atoms with Crippen LogP contribution in [0.25, 0.3) is 0 Å². The van der Waals surface area contributed by atoms with Gasteiger partial charge in [-0.15, -0.1) is 0 Å². The van der Waals surface area contributed by atoms with Gasteiger partial charge in [-0.2, -0.15) is 0 Å². The van der Waals surface area contributed by atoms with E-state index >= 15 is 0 Å². The zero-order valence-electron chi connectivity index (χ0n) is 8.83. The molecule has 2 atom stereocenters. The van der Waals surface area contributed by atoms with Crippen molar-refractivity contribution in [1.29, 1.82) is 0 Å². The topological polar surface area (TPSA) is 83.9 Å². The molecule has 0 aromatic carbocycles. The second-order valence-electron chi connectivity index (χ2n) is 4.12. The Morgan fingerprint density at radius 1 is 1.50 bits per heavy atom. The number of carbonyl (C=O) groups excluding carboxylic acids is 1. The average Bonchev–Trinajstić information content (AvgIpc) is 2.57. The molecule has 2 aliphatic heterocycles. The van der Waals surface area contributed by atoms with Gasteiger partial charge in [0.05, 0.1) is 25.0 Å². The molecule has 6 nitrogen and oxygen atoms in total. The molecule has 2 unspecified atom stereocenters. The van der Waals surface area contributed by atoms with Crippen molar-refractivity contribution in [3.05, 3.63) is 0 Å². The fourth-order valence-electron chi connectivity index (χ4n) is 2.26. The van der Waals surface area contributed by atoms with Crippen molar-refractivity contribution in [2.24, 2.45) is 0 Å². The van der Waals surface area contributed by atoms with Gasteiger partial charge in [0.2, 0.25) is 5.91 Å². The maximum atomic E-state index is 11.8. The molecule has 16 heavy (non-hydrogen) atoms. The summed E-state index contributed by atoms with van der Waals surface area (Å²) < 4.78 is 28.5. The Hall–Kier alpha value is -0.660. The molecule has 1 amide bonds. The minimum absolute atomic E-state index is 0.0947. The maximum absolute atomic E-state index is 11.8. The summed E-state index contributed by atoms with van der Waals surface area (Å²) in [6, 6.07) is -0.529. The highest BCUT2D eigenvalue weighted by atomic mass is 32.2.